The maximum atomic E-state index is 12.6. The van der Waals surface area contributed by atoms with E-state index in [1.54, 1.807) is 30.3 Å². The van der Waals surface area contributed by atoms with Crippen LogP contribution in [0, 0.1) is 0 Å². The summed E-state index contributed by atoms with van der Waals surface area (Å²) in [6, 6.07) is 5.55. The Balaban J connectivity index is 2.66. The van der Waals surface area contributed by atoms with E-state index >= 15 is 0 Å². The van der Waals surface area contributed by atoms with Crippen molar-refractivity contribution < 1.29 is 29.1 Å². The van der Waals surface area contributed by atoms with Gasteiger partial charge in [-0.05, 0) is 31.4 Å². The van der Waals surface area contributed by atoms with Crippen LogP contribution in [0.5, 0.6) is 0 Å². The molecular formula is C22H34N6O6. The number of hydrogen-bond acceptors (Lipinski definition) is 7. The fourth-order valence-corrected chi connectivity index (χ4v) is 3.06. The van der Waals surface area contributed by atoms with Crippen molar-refractivity contribution in [3.63, 3.8) is 0 Å². The minimum absolute atomic E-state index is 0.0647. The lowest BCUT2D eigenvalue weighted by Gasteiger charge is -2.21. The molecule has 3 unspecified atom stereocenters. The summed E-state index contributed by atoms with van der Waals surface area (Å²) in [6.07, 6.45) is 1.50. The van der Waals surface area contributed by atoms with Crippen molar-refractivity contribution in [1.82, 2.24) is 16.0 Å². The van der Waals surface area contributed by atoms with Gasteiger partial charge in [0, 0.05) is 12.8 Å². The SMILES string of the molecule is NCCCCC(N)C(=O)NC(CCC(N)=O)C(=O)NCC(=O)NC(Cc1ccccc1)C(=O)O. The normalized spacial score (nSPS) is 13.2. The highest BCUT2D eigenvalue weighted by atomic mass is 16.4. The number of rotatable bonds is 16. The van der Waals surface area contributed by atoms with Gasteiger partial charge >= 0.3 is 5.97 Å². The molecule has 0 saturated heterocycles. The molecular weight excluding hydrogens is 444 g/mol. The molecule has 0 saturated carbocycles. The minimum atomic E-state index is -1.22. The van der Waals surface area contributed by atoms with Crippen LogP contribution in [0.25, 0.3) is 0 Å². The van der Waals surface area contributed by atoms with Gasteiger partial charge in [0.05, 0.1) is 12.6 Å². The van der Waals surface area contributed by atoms with E-state index in [1.807, 2.05) is 0 Å². The quantitative estimate of drug-likeness (QED) is 0.133. The maximum absolute atomic E-state index is 12.6. The van der Waals surface area contributed by atoms with E-state index in [9.17, 15) is 29.1 Å². The Bertz CT molecular complexity index is 834. The van der Waals surface area contributed by atoms with Crippen molar-refractivity contribution in [2.45, 2.75) is 56.7 Å². The van der Waals surface area contributed by atoms with Gasteiger partial charge in [0.15, 0.2) is 0 Å². The molecule has 12 nitrogen and oxygen atoms in total. The van der Waals surface area contributed by atoms with Crippen LogP contribution in [0.4, 0.5) is 0 Å². The van der Waals surface area contributed by atoms with Crippen molar-refractivity contribution in [3.05, 3.63) is 35.9 Å². The van der Waals surface area contributed by atoms with Gasteiger partial charge in [-0.15, -0.1) is 0 Å². The van der Waals surface area contributed by atoms with Gasteiger partial charge < -0.3 is 38.3 Å². The van der Waals surface area contributed by atoms with E-state index in [-0.39, 0.29) is 19.3 Å². The molecule has 0 spiro atoms. The Morgan fingerprint density at radius 3 is 2.18 bits per heavy atom. The van der Waals surface area contributed by atoms with Crippen molar-refractivity contribution >= 4 is 29.6 Å². The van der Waals surface area contributed by atoms with Gasteiger partial charge in [-0.25, -0.2) is 4.79 Å². The van der Waals surface area contributed by atoms with Crippen LogP contribution in [-0.4, -0.2) is 65.9 Å². The number of nitrogens with two attached hydrogens (primary N) is 3. The van der Waals surface area contributed by atoms with E-state index in [0.717, 1.165) is 5.56 Å². The second-order valence-corrected chi connectivity index (χ2v) is 7.82. The van der Waals surface area contributed by atoms with Crippen LogP contribution in [0.3, 0.4) is 0 Å². The van der Waals surface area contributed by atoms with Crippen molar-refractivity contribution in [2.75, 3.05) is 13.1 Å². The summed E-state index contributed by atoms with van der Waals surface area (Å²) in [5.74, 6) is -3.93. The Kier molecular flexibility index (Phi) is 12.9. The zero-order valence-corrected chi connectivity index (χ0v) is 19.0. The molecule has 0 bridgehead atoms. The number of benzene rings is 1. The van der Waals surface area contributed by atoms with Crippen molar-refractivity contribution in [1.29, 1.82) is 0 Å². The predicted molar refractivity (Wildman–Crippen MR) is 124 cm³/mol. The summed E-state index contributed by atoms with van der Waals surface area (Å²) in [4.78, 5) is 59.8. The first-order chi connectivity index (χ1) is 16.1. The molecule has 4 amide bonds. The smallest absolute Gasteiger partial charge is 0.326 e. The average Bonchev–Trinajstić information content (AvgIpc) is 2.80. The summed E-state index contributed by atoms with van der Waals surface area (Å²) >= 11 is 0. The Morgan fingerprint density at radius 2 is 1.59 bits per heavy atom. The van der Waals surface area contributed by atoms with Gasteiger partial charge in [-0.3, -0.25) is 19.2 Å². The first kappa shape index (κ1) is 28.5. The van der Waals surface area contributed by atoms with Crippen LogP contribution in [0.2, 0.25) is 0 Å². The molecule has 1 aromatic carbocycles. The van der Waals surface area contributed by atoms with Crippen molar-refractivity contribution in [2.24, 2.45) is 17.2 Å². The fraction of sp³-hybridized carbons (Fsp3) is 0.500. The maximum Gasteiger partial charge on any atom is 0.326 e. The lowest BCUT2D eigenvalue weighted by Crippen LogP contribution is -2.53. The fourth-order valence-electron chi connectivity index (χ4n) is 3.06. The van der Waals surface area contributed by atoms with Gasteiger partial charge in [-0.2, -0.15) is 0 Å². The average molecular weight is 479 g/mol. The van der Waals surface area contributed by atoms with Crippen LogP contribution in [0.1, 0.15) is 37.7 Å². The lowest BCUT2D eigenvalue weighted by atomic mass is 10.1. The number of nitrogens with one attached hydrogen (secondary N) is 3. The van der Waals surface area contributed by atoms with Crippen LogP contribution >= 0.6 is 0 Å². The van der Waals surface area contributed by atoms with Gasteiger partial charge in [0.25, 0.3) is 0 Å². The molecule has 1 aromatic rings. The zero-order chi connectivity index (χ0) is 25.5. The number of carbonyl (C=O) groups excluding carboxylic acids is 4. The molecule has 0 aliphatic carbocycles. The molecule has 188 valence electrons. The molecule has 12 heteroatoms. The molecule has 0 fully saturated rings. The highest BCUT2D eigenvalue weighted by Gasteiger charge is 2.25. The summed E-state index contributed by atoms with van der Waals surface area (Å²) in [5.41, 5.74) is 17.1. The van der Waals surface area contributed by atoms with E-state index in [4.69, 9.17) is 17.2 Å². The van der Waals surface area contributed by atoms with Gasteiger partial charge in [0.1, 0.15) is 12.1 Å². The molecule has 1 rings (SSSR count). The van der Waals surface area contributed by atoms with Crippen LogP contribution in [0.15, 0.2) is 30.3 Å². The molecule has 0 aromatic heterocycles. The van der Waals surface area contributed by atoms with E-state index in [2.05, 4.69) is 16.0 Å². The standard InChI is InChI=1S/C22H34N6O6/c23-11-5-4-8-15(24)20(31)28-16(9-10-18(25)29)21(32)26-13-19(30)27-17(22(33)34)12-14-6-2-1-3-7-14/h1-3,6-7,15-17H,4-5,8-13,23-24H2,(H2,25,29)(H,26,32)(H,27,30)(H,28,31)(H,33,34). The highest BCUT2D eigenvalue weighted by molar-refractivity contribution is 5.93. The summed E-state index contributed by atoms with van der Waals surface area (Å²) in [5, 5.41) is 16.6. The summed E-state index contributed by atoms with van der Waals surface area (Å²) in [7, 11) is 0. The lowest BCUT2D eigenvalue weighted by molar-refractivity contribution is -0.141. The number of carboxylic acids is 1. The van der Waals surface area contributed by atoms with Crippen LogP contribution < -0.4 is 33.2 Å². The third-order valence-corrected chi connectivity index (χ3v) is 4.96. The molecule has 34 heavy (non-hydrogen) atoms. The first-order valence-electron chi connectivity index (χ1n) is 11.0. The monoisotopic (exact) mass is 478 g/mol. The molecule has 0 aliphatic rings. The van der Waals surface area contributed by atoms with Gasteiger partial charge in [-0.1, -0.05) is 36.8 Å². The Labute approximate surface area is 198 Å². The zero-order valence-electron chi connectivity index (χ0n) is 19.0. The third kappa shape index (κ3) is 11.4. The topological polar surface area (TPSA) is 220 Å². The predicted octanol–water partition coefficient (Wildman–Crippen LogP) is -1.88. The number of hydrogen-bond donors (Lipinski definition) is 7. The number of unbranched alkanes of at least 4 members (excludes halogenated alkanes) is 1. The number of primary amides is 1. The van der Waals surface area contributed by atoms with E-state index in [0.29, 0.717) is 25.8 Å². The third-order valence-electron chi connectivity index (χ3n) is 4.96. The Hall–Kier alpha value is -3.51. The molecule has 0 heterocycles. The van der Waals surface area contributed by atoms with Crippen molar-refractivity contribution in [3.8, 4) is 0 Å². The first-order valence-corrected chi connectivity index (χ1v) is 11.0. The molecule has 3 atom stereocenters. The summed E-state index contributed by atoms with van der Waals surface area (Å²) < 4.78 is 0. The number of carbonyl (C=O) groups is 5. The molecule has 0 aliphatic heterocycles. The number of carboxylic acid groups (broad SMARTS) is 1. The van der Waals surface area contributed by atoms with Gasteiger partial charge in [0.2, 0.25) is 23.6 Å². The highest BCUT2D eigenvalue weighted by Crippen LogP contribution is 2.04. The van der Waals surface area contributed by atoms with E-state index in [1.165, 1.54) is 0 Å². The summed E-state index contributed by atoms with van der Waals surface area (Å²) in [6.45, 7) is -0.0585. The second kappa shape index (κ2) is 15.3. The van der Waals surface area contributed by atoms with Crippen LogP contribution in [-0.2, 0) is 30.4 Å². The number of aliphatic carboxylic acids is 1. The largest absolute Gasteiger partial charge is 0.480 e. The minimum Gasteiger partial charge on any atom is -0.480 e. The molecule has 0 radical (unpaired) electrons. The second-order valence-electron chi connectivity index (χ2n) is 7.82. The number of amides is 4. The Morgan fingerprint density at radius 1 is 0.912 bits per heavy atom. The van der Waals surface area contributed by atoms with E-state index < -0.39 is 54.3 Å². The molecule has 10 N–H and O–H groups in total.